The Morgan fingerprint density at radius 3 is 2.69 bits per heavy atom. The van der Waals surface area contributed by atoms with Gasteiger partial charge < -0.3 is 10.4 Å². The molecule has 0 bridgehead atoms. The number of aryl methyl sites for hydroxylation is 1. The summed E-state index contributed by atoms with van der Waals surface area (Å²) >= 11 is 6.11. The van der Waals surface area contributed by atoms with Crippen LogP contribution in [0, 0.1) is 12.8 Å². The highest BCUT2D eigenvalue weighted by atomic mass is 35.5. The van der Waals surface area contributed by atoms with E-state index in [1.807, 2.05) is 0 Å². The normalized spacial score (nSPS) is 16.9. The van der Waals surface area contributed by atoms with Gasteiger partial charge in [0, 0.05) is 12.1 Å². The van der Waals surface area contributed by atoms with Crippen molar-refractivity contribution in [3.63, 3.8) is 0 Å². The van der Waals surface area contributed by atoms with Crippen molar-refractivity contribution in [1.29, 1.82) is 0 Å². The van der Waals surface area contributed by atoms with Gasteiger partial charge in [-0.2, -0.15) is 5.10 Å². The molecule has 0 radical (unpaired) electrons. The van der Waals surface area contributed by atoms with Crippen molar-refractivity contribution in [3.05, 3.63) is 39.2 Å². The lowest BCUT2D eigenvalue weighted by Crippen LogP contribution is -2.40. The summed E-state index contributed by atoms with van der Waals surface area (Å²) in [6.45, 7) is 1.64. The van der Waals surface area contributed by atoms with E-state index < -0.39 is 17.8 Å². The molecule has 1 fully saturated rings. The summed E-state index contributed by atoms with van der Waals surface area (Å²) in [6, 6.07) is 1.42. The average molecular weight is 380 g/mol. The third kappa shape index (κ3) is 3.96. The SMILES string of the molecule is Cc1n[nH]c(=O)n1-c1cc(C(=O)NC(O)C2CCCCCC2)c(Cl)cn1. The third-order valence-electron chi connectivity index (χ3n) is 4.78. The number of hydrogen-bond donors (Lipinski definition) is 3. The van der Waals surface area contributed by atoms with Crippen molar-refractivity contribution >= 4 is 17.5 Å². The molecule has 2 heterocycles. The van der Waals surface area contributed by atoms with Gasteiger partial charge in [-0.05, 0) is 25.8 Å². The molecular weight excluding hydrogens is 358 g/mol. The van der Waals surface area contributed by atoms with Crippen molar-refractivity contribution < 1.29 is 9.90 Å². The molecule has 1 saturated carbocycles. The number of pyridine rings is 1. The first-order valence-electron chi connectivity index (χ1n) is 8.76. The van der Waals surface area contributed by atoms with Crippen LogP contribution in [0.4, 0.5) is 0 Å². The van der Waals surface area contributed by atoms with E-state index in [9.17, 15) is 14.7 Å². The van der Waals surface area contributed by atoms with Crippen molar-refractivity contribution in [2.75, 3.05) is 0 Å². The zero-order chi connectivity index (χ0) is 18.7. The fourth-order valence-corrected chi connectivity index (χ4v) is 3.52. The van der Waals surface area contributed by atoms with E-state index in [1.165, 1.54) is 16.8 Å². The number of aromatic amines is 1. The van der Waals surface area contributed by atoms with E-state index in [2.05, 4.69) is 20.5 Å². The number of aliphatic hydroxyl groups is 1. The van der Waals surface area contributed by atoms with Crippen LogP contribution in [0.2, 0.25) is 5.02 Å². The highest BCUT2D eigenvalue weighted by Gasteiger charge is 2.24. The van der Waals surface area contributed by atoms with Crippen LogP contribution < -0.4 is 11.0 Å². The second-order valence-corrected chi connectivity index (χ2v) is 7.01. The van der Waals surface area contributed by atoms with Gasteiger partial charge in [-0.1, -0.05) is 37.3 Å². The monoisotopic (exact) mass is 379 g/mol. The fraction of sp³-hybridized carbons (Fsp3) is 0.529. The minimum atomic E-state index is -0.924. The summed E-state index contributed by atoms with van der Waals surface area (Å²) in [4.78, 5) is 28.6. The molecule has 2 aromatic heterocycles. The predicted octanol–water partition coefficient (Wildman–Crippen LogP) is 1.94. The number of H-pyrrole nitrogens is 1. The molecule has 1 aliphatic rings. The van der Waals surface area contributed by atoms with E-state index in [0.717, 1.165) is 38.5 Å². The van der Waals surface area contributed by atoms with E-state index in [-0.39, 0.29) is 22.3 Å². The number of nitrogens with one attached hydrogen (secondary N) is 2. The number of nitrogens with zero attached hydrogens (tertiary/aromatic N) is 3. The molecule has 1 unspecified atom stereocenters. The molecule has 140 valence electrons. The van der Waals surface area contributed by atoms with Gasteiger partial charge in [0.1, 0.15) is 17.9 Å². The summed E-state index contributed by atoms with van der Waals surface area (Å²) in [7, 11) is 0. The number of halogens is 1. The van der Waals surface area contributed by atoms with E-state index in [1.54, 1.807) is 6.92 Å². The van der Waals surface area contributed by atoms with Crippen molar-refractivity contribution in [2.24, 2.45) is 5.92 Å². The van der Waals surface area contributed by atoms with E-state index in [0.29, 0.717) is 5.82 Å². The van der Waals surface area contributed by atoms with E-state index >= 15 is 0 Å². The quantitative estimate of drug-likeness (QED) is 0.555. The lowest BCUT2D eigenvalue weighted by molar-refractivity contribution is 0.0532. The molecule has 26 heavy (non-hydrogen) atoms. The second kappa shape index (κ2) is 8.01. The maximum atomic E-state index is 12.6. The summed E-state index contributed by atoms with van der Waals surface area (Å²) < 4.78 is 1.24. The summed E-state index contributed by atoms with van der Waals surface area (Å²) in [5.74, 6) is 0.194. The summed E-state index contributed by atoms with van der Waals surface area (Å²) in [5, 5.41) is 19.3. The standard InChI is InChI=1S/C17H22ClN5O3/c1-10-21-22-17(26)23(10)14-8-12(13(18)9-19-14)16(25)20-15(24)11-6-4-2-3-5-7-11/h8-9,11,15,24H,2-7H2,1H3,(H,20,25)(H,22,26). The average Bonchev–Trinajstić information content (AvgIpc) is 2.81. The Hall–Kier alpha value is -2.19. The van der Waals surface area contributed by atoms with Gasteiger partial charge in [0.2, 0.25) is 0 Å². The molecule has 8 nitrogen and oxygen atoms in total. The Morgan fingerprint density at radius 2 is 2.08 bits per heavy atom. The van der Waals surface area contributed by atoms with E-state index in [4.69, 9.17) is 11.6 Å². The molecule has 2 aromatic rings. The van der Waals surface area contributed by atoms with Crippen molar-refractivity contribution in [1.82, 2.24) is 25.1 Å². The van der Waals surface area contributed by atoms with Crippen LogP contribution >= 0.6 is 11.6 Å². The second-order valence-electron chi connectivity index (χ2n) is 6.60. The third-order valence-corrected chi connectivity index (χ3v) is 5.08. The number of hydrogen-bond acceptors (Lipinski definition) is 5. The molecule has 9 heteroatoms. The number of aromatic nitrogens is 4. The minimum Gasteiger partial charge on any atom is -0.373 e. The molecule has 0 aliphatic heterocycles. The zero-order valence-electron chi connectivity index (χ0n) is 14.5. The van der Waals surface area contributed by atoms with Crippen LogP contribution in [0.15, 0.2) is 17.1 Å². The first-order valence-corrected chi connectivity index (χ1v) is 9.14. The van der Waals surface area contributed by atoms with Gasteiger partial charge in [0.05, 0.1) is 10.6 Å². The van der Waals surface area contributed by atoms with Gasteiger partial charge >= 0.3 is 5.69 Å². The lowest BCUT2D eigenvalue weighted by Gasteiger charge is -2.22. The number of rotatable bonds is 4. The van der Waals surface area contributed by atoms with Crippen molar-refractivity contribution in [2.45, 2.75) is 51.7 Å². The van der Waals surface area contributed by atoms with Crippen LogP contribution in [0.3, 0.4) is 0 Å². The van der Waals surface area contributed by atoms with Crippen LogP contribution in [0.1, 0.15) is 54.7 Å². The van der Waals surface area contributed by atoms with Crippen LogP contribution in [-0.2, 0) is 0 Å². The topological polar surface area (TPSA) is 113 Å². The van der Waals surface area contributed by atoms with Crippen LogP contribution in [0.5, 0.6) is 0 Å². The highest BCUT2D eigenvalue weighted by Crippen LogP contribution is 2.25. The lowest BCUT2D eigenvalue weighted by atomic mass is 9.98. The van der Waals surface area contributed by atoms with Crippen LogP contribution in [-0.4, -0.2) is 37.0 Å². The van der Waals surface area contributed by atoms with Crippen molar-refractivity contribution in [3.8, 4) is 5.82 Å². The first-order chi connectivity index (χ1) is 12.5. The Balaban J connectivity index is 1.80. The van der Waals surface area contributed by atoms with Gasteiger partial charge in [-0.3, -0.25) is 4.79 Å². The molecule has 1 aliphatic carbocycles. The maximum absolute atomic E-state index is 12.6. The minimum absolute atomic E-state index is 0.0419. The number of carbonyl (C=O) groups excluding carboxylic acids is 1. The molecule has 1 amide bonds. The Labute approximate surface area is 155 Å². The molecule has 0 saturated heterocycles. The largest absolute Gasteiger partial charge is 0.373 e. The Morgan fingerprint density at radius 1 is 1.38 bits per heavy atom. The van der Waals surface area contributed by atoms with Gasteiger partial charge in [0.25, 0.3) is 5.91 Å². The zero-order valence-corrected chi connectivity index (χ0v) is 15.3. The smallest absolute Gasteiger partial charge is 0.349 e. The van der Waals surface area contributed by atoms with Gasteiger partial charge in [-0.25, -0.2) is 19.4 Å². The van der Waals surface area contributed by atoms with Crippen LogP contribution in [0.25, 0.3) is 5.82 Å². The Kier molecular flexibility index (Phi) is 5.73. The molecule has 3 N–H and O–H groups in total. The summed E-state index contributed by atoms with van der Waals surface area (Å²) in [6.07, 6.45) is 6.60. The number of aliphatic hydroxyl groups excluding tert-OH is 1. The molecule has 3 rings (SSSR count). The highest BCUT2D eigenvalue weighted by molar-refractivity contribution is 6.33. The molecule has 1 atom stereocenters. The molecular formula is C17H22ClN5O3. The summed E-state index contributed by atoms with van der Waals surface area (Å²) in [5.41, 5.74) is -0.306. The number of carbonyl (C=O) groups is 1. The fourth-order valence-electron chi connectivity index (χ4n) is 3.33. The molecule has 0 aromatic carbocycles. The number of amides is 1. The maximum Gasteiger partial charge on any atom is 0.349 e. The van der Waals surface area contributed by atoms with Gasteiger partial charge in [-0.15, -0.1) is 0 Å². The van der Waals surface area contributed by atoms with Gasteiger partial charge in [0.15, 0.2) is 0 Å². The predicted molar refractivity (Wildman–Crippen MR) is 96.4 cm³/mol. The molecule has 0 spiro atoms. The first kappa shape index (κ1) is 18.6. The Bertz CT molecular complexity index is 839.